The molecular formula is C20H14Cl2N2O4S. The van der Waals surface area contributed by atoms with E-state index in [1.165, 1.54) is 48.7 Å². The van der Waals surface area contributed by atoms with Crippen molar-refractivity contribution in [1.29, 1.82) is 0 Å². The highest BCUT2D eigenvalue weighted by atomic mass is 35.5. The van der Waals surface area contributed by atoms with Gasteiger partial charge in [0.25, 0.3) is 5.91 Å². The summed E-state index contributed by atoms with van der Waals surface area (Å²) < 4.78 is 29.7. The van der Waals surface area contributed by atoms with Gasteiger partial charge in [0, 0.05) is 5.56 Å². The van der Waals surface area contributed by atoms with E-state index >= 15 is 0 Å². The second-order valence-corrected chi connectivity index (χ2v) is 8.11. The molecule has 0 atom stereocenters. The number of rotatable bonds is 6. The van der Waals surface area contributed by atoms with Crippen molar-refractivity contribution >= 4 is 45.4 Å². The maximum Gasteiger partial charge on any atom is 0.339 e. The number of carbonyl (C=O) groups is 1. The summed E-state index contributed by atoms with van der Waals surface area (Å²) in [4.78, 5) is 12.1. The Kier molecular flexibility index (Phi) is 6.53. The van der Waals surface area contributed by atoms with Crippen molar-refractivity contribution in [2.24, 2.45) is 5.10 Å². The van der Waals surface area contributed by atoms with Crippen molar-refractivity contribution in [1.82, 2.24) is 5.43 Å². The fourth-order valence-electron chi connectivity index (χ4n) is 2.28. The van der Waals surface area contributed by atoms with Gasteiger partial charge in [-0.15, -0.1) is 0 Å². The number of hydrogen-bond donors (Lipinski definition) is 1. The summed E-state index contributed by atoms with van der Waals surface area (Å²) >= 11 is 11.7. The Morgan fingerprint density at radius 2 is 1.69 bits per heavy atom. The van der Waals surface area contributed by atoms with E-state index in [0.717, 1.165) is 0 Å². The van der Waals surface area contributed by atoms with E-state index in [1.54, 1.807) is 30.3 Å². The normalized spacial score (nSPS) is 11.4. The molecule has 0 aliphatic rings. The van der Waals surface area contributed by atoms with Crippen LogP contribution < -0.4 is 9.61 Å². The molecule has 0 aromatic heterocycles. The summed E-state index contributed by atoms with van der Waals surface area (Å²) in [7, 11) is -3.95. The van der Waals surface area contributed by atoms with E-state index in [0.29, 0.717) is 16.1 Å². The number of carbonyl (C=O) groups excluding carboxylic acids is 1. The molecule has 3 aromatic rings. The van der Waals surface area contributed by atoms with Crippen LogP contribution in [-0.4, -0.2) is 20.5 Å². The Bertz CT molecular complexity index is 1170. The maximum atomic E-state index is 12.3. The van der Waals surface area contributed by atoms with E-state index in [4.69, 9.17) is 27.4 Å². The quantitative estimate of drug-likeness (QED) is 0.341. The molecule has 6 nitrogen and oxygen atoms in total. The number of hydrazone groups is 1. The average Bonchev–Trinajstić information content (AvgIpc) is 2.70. The minimum atomic E-state index is -3.95. The maximum absolute atomic E-state index is 12.3. The van der Waals surface area contributed by atoms with Gasteiger partial charge in [0.05, 0.1) is 16.3 Å². The summed E-state index contributed by atoms with van der Waals surface area (Å²) in [6, 6.07) is 18.5. The lowest BCUT2D eigenvalue weighted by molar-refractivity contribution is 0.0955. The average molecular weight is 449 g/mol. The molecule has 3 aromatic carbocycles. The van der Waals surface area contributed by atoms with Crippen LogP contribution in [0.4, 0.5) is 0 Å². The van der Waals surface area contributed by atoms with Crippen LogP contribution in [0.2, 0.25) is 10.0 Å². The van der Waals surface area contributed by atoms with Crippen molar-refractivity contribution in [2.45, 2.75) is 4.90 Å². The van der Waals surface area contributed by atoms with E-state index in [2.05, 4.69) is 10.5 Å². The second kappa shape index (κ2) is 9.09. The number of amides is 1. The van der Waals surface area contributed by atoms with E-state index < -0.39 is 16.0 Å². The summed E-state index contributed by atoms with van der Waals surface area (Å²) in [5, 5.41) is 4.46. The SMILES string of the molecule is O=C(N/N=C\c1cccc(OS(=O)(=O)c2ccccc2)c1)c1ccc(Cl)c(Cl)c1. The monoisotopic (exact) mass is 448 g/mol. The minimum absolute atomic E-state index is 0.0490. The molecule has 1 amide bonds. The Labute approximate surface area is 177 Å². The van der Waals surface area contributed by atoms with Gasteiger partial charge >= 0.3 is 10.1 Å². The molecule has 0 unspecified atom stereocenters. The van der Waals surface area contributed by atoms with Gasteiger partial charge in [0.15, 0.2) is 0 Å². The molecule has 0 radical (unpaired) electrons. The highest BCUT2D eigenvalue weighted by Gasteiger charge is 2.16. The molecule has 0 spiro atoms. The molecule has 9 heteroatoms. The Balaban J connectivity index is 1.68. The first-order valence-electron chi connectivity index (χ1n) is 8.23. The van der Waals surface area contributed by atoms with Gasteiger partial charge in [-0.3, -0.25) is 4.79 Å². The largest absolute Gasteiger partial charge is 0.379 e. The van der Waals surface area contributed by atoms with Crippen molar-refractivity contribution < 1.29 is 17.4 Å². The predicted octanol–water partition coefficient (Wildman–Crippen LogP) is 4.53. The molecular weight excluding hydrogens is 435 g/mol. The van der Waals surface area contributed by atoms with Crippen LogP contribution in [0.3, 0.4) is 0 Å². The third-order valence-corrected chi connectivity index (χ3v) is 5.66. The molecule has 0 fully saturated rings. The van der Waals surface area contributed by atoms with Crippen LogP contribution in [0.15, 0.2) is 82.8 Å². The third kappa shape index (κ3) is 5.57. The van der Waals surface area contributed by atoms with Crippen LogP contribution in [0.1, 0.15) is 15.9 Å². The molecule has 0 saturated heterocycles. The number of benzene rings is 3. The van der Waals surface area contributed by atoms with Crippen molar-refractivity contribution in [3.05, 3.63) is 94.0 Å². The van der Waals surface area contributed by atoms with Gasteiger partial charge < -0.3 is 4.18 Å². The number of nitrogens with one attached hydrogen (secondary N) is 1. The highest BCUT2D eigenvalue weighted by Crippen LogP contribution is 2.22. The number of halogens is 2. The summed E-state index contributed by atoms with van der Waals surface area (Å²) in [5.41, 5.74) is 3.18. The fraction of sp³-hybridized carbons (Fsp3) is 0. The molecule has 0 heterocycles. The lowest BCUT2D eigenvalue weighted by Crippen LogP contribution is -2.17. The van der Waals surface area contributed by atoms with E-state index in [9.17, 15) is 13.2 Å². The summed E-state index contributed by atoms with van der Waals surface area (Å²) in [5.74, 6) is -0.354. The first kappa shape index (κ1) is 20.9. The second-order valence-electron chi connectivity index (χ2n) is 5.75. The fourth-order valence-corrected chi connectivity index (χ4v) is 3.52. The Hall–Kier alpha value is -2.87. The smallest absolute Gasteiger partial charge is 0.339 e. The zero-order chi connectivity index (χ0) is 20.9. The molecule has 148 valence electrons. The van der Waals surface area contributed by atoms with Crippen LogP contribution in [0, 0.1) is 0 Å². The zero-order valence-electron chi connectivity index (χ0n) is 14.7. The van der Waals surface area contributed by atoms with E-state index in [1.807, 2.05) is 0 Å². The van der Waals surface area contributed by atoms with Crippen molar-refractivity contribution in [3.8, 4) is 5.75 Å². The van der Waals surface area contributed by atoms with Crippen LogP contribution >= 0.6 is 23.2 Å². The third-order valence-electron chi connectivity index (χ3n) is 3.66. The molecule has 0 bridgehead atoms. The van der Waals surface area contributed by atoms with Gasteiger partial charge in [-0.2, -0.15) is 13.5 Å². The van der Waals surface area contributed by atoms with Gasteiger partial charge in [-0.25, -0.2) is 5.43 Å². The molecule has 0 aliphatic carbocycles. The Morgan fingerprint density at radius 1 is 0.931 bits per heavy atom. The lowest BCUT2D eigenvalue weighted by Gasteiger charge is -2.07. The van der Waals surface area contributed by atoms with Gasteiger partial charge in [0.2, 0.25) is 0 Å². The van der Waals surface area contributed by atoms with Gasteiger partial charge in [0.1, 0.15) is 10.6 Å². The lowest BCUT2D eigenvalue weighted by atomic mass is 10.2. The molecule has 29 heavy (non-hydrogen) atoms. The zero-order valence-corrected chi connectivity index (χ0v) is 17.1. The van der Waals surface area contributed by atoms with Crippen molar-refractivity contribution in [2.75, 3.05) is 0 Å². The van der Waals surface area contributed by atoms with Gasteiger partial charge in [-0.05, 0) is 48.0 Å². The molecule has 1 N–H and O–H groups in total. The molecule has 0 saturated carbocycles. The van der Waals surface area contributed by atoms with Crippen LogP contribution in [0.5, 0.6) is 5.75 Å². The number of hydrogen-bond acceptors (Lipinski definition) is 5. The highest BCUT2D eigenvalue weighted by molar-refractivity contribution is 7.87. The van der Waals surface area contributed by atoms with Gasteiger partial charge in [-0.1, -0.05) is 53.5 Å². The summed E-state index contributed by atoms with van der Waals surface area (Å²) in [6.45, 7) is 0. The molecule has 3 rings (SSSR count). The van der Waals surface area contributed by atoms with Crippen LogP contribution in [-0.2, 0) is 10.1 Å². The van der Waals surface area contributed by atoms with E-state index in [-0.39, 0.29) is 15.7 Å². The Morgan fingerprint density at radius 3 is 2.41 bits per heavy atom. The first-order valence-corrected chi connectivity index (χ1v) is 10.4. The molecule has 0 aliphatic heterocycles. The standard InChI is InChI=1S/C20H14Cl2N2O4S/c21-18-10-9-15(12-19(18)22)20(25)24-23-13-14-5-4-6-16(11-14)28-29(26,27)17-7-2-1-3-8-17/h1-13H,(H,24,25)/b23-13-. The van der Waals surface area contributed by atoms with Crippen LogP contribution in [0.25, 0.3) is 0 Å². The van der Waals surface area contributed by atoms with Crippen molar-refractivity contribution in [3.63, 3.8) is 0 Å². The number of nitrogens with zero attached hydrogens (tertiary/aromatic N) is 1. The predicted molar refractivity (Wildman–Crippen MR) is 112 cm³/mol. The topological polar surface area (TPSA) is 84.8 Å². The summed E-state index contributed by atoms with van der Waals surface area (Å²) in [6.07, 6.45) is 1.36. The minimum Gasteiger partial charge on any atom is -0.379 e. The first-order chi connectivity index (χ1) is 13.8.